The third kappa shape index (κ3) is 4.57. The first-order valence-electron chi connectivity index (χ1n) is 9.24. The Labute approximate surface area is 177 Å². The predicted octanol–water partition coefficient (Wildman–Crippen LogP) is 2.44. The molecule has 7 N–H and O–H groups in total. The van der Waals surface area contributed by atoms with Crippen LogP contribution in [0.3, 0.4) is 0 Å². The van der Waals surface area contributed by atoms with E-state index >= 15 is 0 Å². The monoisotopic (exact) mass is 424 g/mol. The number of nitrogens with zero attached hydrogens (tertiary/aromatic N) is 1. The molecule has 3 rings (SSSR count). The molecule has 8 nitrogen and oxygen atoms in total. The maximum atomic E-state index is 13.0. The van der Waals surface area contributed by atoms with Gasteiger partial charge in [0.05, 0.1) is 17.7 Å². The number of halogens is 1. The third-order valence-electron chi connectivity index (χ3n) is 4.69. The molecule has 31 heavy (non-hydrogen) atoms. The molecule has 160 valence electrons. The molecule has 0 saturated heterocycles. The molecule has 3 aromatic carbocycles. The van der Waals surface area contributed by atoms with E-state index < -0.39 is 34.4 Å². The number of carbonyl (C=O) groups is 2. The molecule has 0 heterocycles. The van der Waals surface area contributed by atoms with Gasteiger partial charge in [-0.05, 0) is 23.3 Å². The number of rotatable bonds is 7. The van der Waals surface area contributed by atoms with Crippen LogP contribution < -0.4 is 21.9 Å². The number of nitrogens with one attached hydrogen (secondary N) is 1. The van der Waals surface area contributed by atoms with Gasteiger partial charge in [-0.25, -0.2) is 10.2 Å². The smallest absolute Gasteiger partial charge is 0.256 e. The van der Waals surface area contributed by atoms with E-state index in [1.54, 1.807) is 24.3 Å². The standard InChI is InChI=1S/C22H21FN4O4/c23-15-8-6-13(7-9-15)10-26-22(31)17-16(12-28)20(29)19(18(24)21(17)30)27(25)11-14-4-2-1-3-5-14/h1-9,12,29-30H,10-11,24-25H2,(H,26,31). The molecule has 0 fully saturated rings. The van der Waals surface area contributed by atoms with Crippen LogP contribution in [-0.4, -0.2) is 22.4 Å². The van der Waals surface area contributed by atoms with Gasteiger partial charge in [0.1, 0.15) is 17.2 Å². The van der Waals surface area contributed by atoms with Crippen LogP contribution in [0.2, 0.25) is 0 Å². The number of hydrogen-bond donors (Lipinski definition) is 5. The van der Waals surface area contributed by atoms with Crippen molar-refractivity contribution in [2.75, 3.05) is 10.7 Å². The van der Waals surface area contributed by atoms with E-state index in [2.05, 4.69) is 5.32 Å². The summed E-state index contributed by atoms with van der Waals surface area (Å²) in [4.78, 5) is 24.3. The number of hydrogen-bond acceptors (Lipinski definition) is 7. The van der Waals surface area contributed by atoms with Gasteiger partial charge in [0.25, 0.3) is 5.91 Å². The highest BCUT2D eigenvalue weighted by Gasteiger charge is 2.28. The Kier molecular flexibility index (Phi) is 6.37. The summed E-state index contributed by atoms with van der Waals surface area (Å²) >= 11 is 0. The van der Waals surface area contributed by atoms with Crippen LogP contribution in [0.4, 0.5) is 15.8 Å². The first kappa shape index (κ1) is 21.6. The largest absolute Gasteiger partial charge is 0.505 e. The summed E-state index contributed by atoms with van der Waals surface area (Å²) in [5.41, 5.74) is 5.86. The molecule has 0 aromatic heterocycles. The Morgan fingerprint density at radius 1 is 1.03 bits per heavy atom. The number of nitrogen functional groups attached to an aromatic ring is 1. The van der Waals surface area contributed by atoms with Gasteiger partial charge in [0.15, 0.2) is 17.8 Å². The van der Waals surface area contributed by atoms with Crippen molar-refractivity contribution in [1.82, 2.24) is 5.32 Å². The van der Waals surface area contributed by atoms with Gasteiger partial charge < -0.3 is 26.3 Å². The van der Waals surface area contributed by atoms with Gasteiger partial charge in [0.2, 0.25) is 0 Å². The van der Waals surface area contributed by atoms with E-state index in [0.717, 1.165) is 10.6 Å². The van der Waals surface area contributed by atoms with Crippen molar-refractivity contribution >= 4 is 23.6 Å². The maximum Gasteiger partial charge on any atom is 0.256 e. The van der Waals surface area contributed by atoms with Crippen LogP contribution >= 0.6 is 0 Å². The van der Waals surface area contributed by atoms with Gasteiger partial charge >= 0.3 is 0 Å². The van der Waals surface area contributed by atoms with Crippen molar-refractivity contribution in [2.24, 2.45) is 5.84 Å². The highest BCUT2D eigenvalue weighted by Crippen LogP contribution is 2.44. The van der Waals surface area contributed by atoms with Crippen LogP contribution in [0.15, 0.2) is 54.6 Å². The van der Waals surface area contributed by atoms with E-state index in [-0.39, 0.29) is 30.8 Å². The first-order chi connectivity index (χ1) is 14.8. The average Bonchev–Trinajstić information content (AvgIpc) is 2.76. The summed E-state index contributed by atoms with van der Waals surface area (Å²) < 4.78 is 13.0. The number of phenols is 2. The number of carbonyl (C=O) groups excluding carboxylic acids is 2. The molecular weight excluding hydrogens is 403 g/mol. The zero-order chi connectivity index (χ0) is 22.5. The molecule has 0 bridgehead atoms. The number of aldehydes is 1. The molecule has 0 radical (unpaired) electrons. The van der Waals surface area contributed by atoms with Crippen molar-refractivity contribution in [3.8, 4) is 11.5 Å². The molecule has 0 spiro atoms. The molecule has 0 aliphatic heterocycles. The molecule has 0 atom stereocenters. The lowest BCUT2D eigenvalue weighted by Gasteiger charge is -2.24. The van der Waals surface area contributed by atoms with E-state index in [0.29, 0.717) is 5.56 Å². The number of hydrazine groups is 1. The molecule has 0 aliphatic rings. The first-order valence-corrected chi connectivity index (χ1v) is 9.24. The number of anilines is 2. The van der Waals surface area contributed by atoms with Crippen LogP contribution in [0, 0.1) is 5.82 Å². The van der Waals surface area contributed by atoms with E-state index in [1.807, 2.05) is 6.07 Å². The highest BCUT2D eigenvalue weighted by atomic mass is 19.1. The second-order valence-electron chi connectivity index (χ2n) is 6.79. The fraction of sp³-hybridized carbons (Fsp3) is 0.0909. The minimum atomic E-state index is -0.843. The number of benzene rings is 3. The Hall–Kier alpha value is -4.11. The average molecular weight is 424 g/mol. The van der Waals surface area contributed by atoms with Crippen molar-refractivity contribution in [3.05, 3.63) is 82.7 Å². The van der Waals surface area contributed by atoms with E-state index in [4.69, 9.17) is 11.6 Å². The van der Waals surface area contributed by atoms with Crippen LogP contribution in [0.1, 0.15) is 31.8 Å². The number of aromatic hydroxyl groups is 2. The molecule has 0 saturated carbocycles. The Morgan fingerprint density at radius 3 is 2.29 bits per heavy atom. The zero-order valence-electron chi connectivity index (χ0n) is 16.4. The molecule has 9 heteroatoms. The number of phenolic OH excluding ortho intramolecular Hbond substituents is 2. The highest BCUT2D eigenvalue weighted by molar-refractivity contribution is 6.09. The lowest BCUT2D eigenvalue weighted by molar-refractivity contribution is 0.0942. The molecular formula is C22H21FN4O4. The number of nitrogens with two attached hydrogens (primary N) is 2. The fourth-order valence-electron chi connectivity index (χ4n) is 3.12. The van der Waals surface area contributed by atoms with Crippen molar-refractivity contribution in [2.45, 2.75) is 13.1 Å². The molecule has 1 amide bonds. The fourth-order valence-corrected chi connectivity index (χ4v) is 3.12. The topological polar surface area (TPSA) is 142 Å². The zero-order valence-corrected chi connectivity index (χ0v) is 16.4. The molecule has 0 aliphatic carbocycles. The van der Waals surface area contributed by atoms with Gasteiger partial charge in [-0.15, -0.1) is 0 Å². The van der Waals surface area contributed by atoms with Crippen molar-refractivity contribution in [3.63, 3.8) is 0 Å². The predicted molar refractivity (Wildman–Crippen MR) is 114 cm³/mol. The minimum Gasteiger partial charge on any atom is -0.505 e. The summed E-state index contributed by atoms with van der Waals surface area (Å²) in [5.74, 6) is 3.45. The Morgan fingerprint density at radius 2 is 1.68 bits per heavy atom. The summed E-state index contributed by atoms with van der Waals surface area (Å²) in [6.45, 7) is 0.114. The van der Waals surface area contributed by atoms with Gasteiger partial charge in [-0.3, -0.25) is 9.59 Å². The lowest BCUT2D eigenvalue weighted by Crippen LogP contribution is -2.32. The second-order valence-corrected chi connectivity index (χ2v) is 6.79. The Bertz CT molecular complexity index is 1100. The maximum absolute atomic E-state index is 13.0. The van der Waals surface area contributed by atoms with E-state index in [9.17, 15) is 24.2 Å². The van der Waals surface area contributed by atoms with Crippen LogP contribution in [0.5, 0.6) is 11.5 Å². The molecule has 3 aromatic rings. The SMILES string of the molecule is Nc1c(O)c(C(=O)NCc2ccc(F)cc2)c(C=O)c(O)c1N(N)Cc1ccccc1. The second kappa shape index (κ2) is 9.14. The van der Waals surface area contributed by atoms with Crippen LogP contribution in [-0.2, 0) is 13.1 Å². The normalized spacial score (nSPS) is 10.5. The summed E-state index contributed by atoms with van der Waals surface area (Å²) in [6, 6.07) is 14.4. The molecule has 0 unspecified atom stereocenters. The summed E-state index contributed by atoms with van der Waals surface area (Å²) in [5, 5.41) is 24.7. The Balaban J connectivity index is 1.92. The number of amides is 1. The van der Waals surface area contributed by atoms with Gasteiger partial charge in [-0.1, -0.05) is 42.5 Å². The summed E-state index contributed by atoms with van der Waals surface area (Å²) in [7, 11) is 0. The minimum absolute atomic E-state index is 0.00368. The van der Waals surface area contributed by atoms with Crippen molar-refractivity contribution < 1.29 is 24.2 Å². The summed E-state index contributed by atoms with van der Waals surface area (Å²) in [6.07, 6.45) is 0.237. The van der Waals surface area contributed by atoms with E-state index in [1.165, 1.54) is 24.3 Å². The van der Waals surface area contributed by atoms with Gasteiger partial charge in [0, 0.05) is 6.54 Å². The lowest BCUT2D eigenvalue weighted by atomic mass is 10.0. The van der Waals surface area contributed by atoms with Gasteiger partial charge in [-0.2, -0.15) is 0 Å². The third-order valence-corrected chi connectivity index (χ3v) is 4.69. The van der Waals surface area contributed by atoms with Crippen LogP contribution in [0.25, 0.3) is 0 Å². The quantitative estimate of drug-likeness (QED) is 0.0979. The van der Waals surface area contributed by atoms with Crippen molar-refractivity contribution in [1.29, 1.82) is 0 Å².